The van der Waals surface area contributed by atoms with Gasteiger partial charge in [0.2, 0.25) is 0 Å². The second-order valence-electron chi connectivity index (χ2n) is 3.43. The Bertz CT molecular complexity index is 400. The fourth-order valence-corrected chi connectivity index (χ4v) is 1.44. The predicted molar refractivity (Wildman–Crippen MR) is 61.6 cm³/mol. The molecule has 94 valence electrons. The summed E-state index contributed by atoms with van der Waals surface area (Å²) in [6.45, 7) is -0.133. The van der Waals surface area contributed by atoms with Crippen molar-refractivity contribution >= 4 is 17.5 Å². The summed E-state index contributed by atoms with van der Waals surface area (Å²) in [6, 6.07) is 3.20. The number of hydrogen-bond donors (Lipinski definition) is 2. The Balaban J connectivity index is 2.75. The van der Waals surface area contributed by atoms with Crippen molar-refractivity contribution in [3.05, 3.63) is 34.6 Å². The van der Waals surface area contributed by atoms with Crippen LogP contribution < -0.4 is 5.32 Å². The average molecular weight is 262 g/mol. The predicted octanol–water partition coefficient (Wildman–Crippen LogP) is 1.22. The van der Waals surface area contributed by atoms with Crippen molar-refractivity contribution in [3.63, 3.8) is 0 Å². The number of methoxy groups -OCH3 is 1. The van der Waals surface area contributed by atoms with Gasteiger partial charge in [-0.3, -0.25) is 4.79 Å². The zero-order valence-corrected chi connectivity index (χ0v) is 10.00. The molecule has 0 saturated carbocycles. The minimum absolute atomic E-state index is 0.121. The summed E-state index contributed by atoms with van der Waals surface area (Å²) in [5, 5.41) is 11.6. The first-order valence-electron chi connectivity index (χ1n) is 4.94. The van der Waals surface area contributed by atoms with Gasteiger partial charge in [-0.25, -0.2) is 4.39 Å². The number of benzene rings is 1. The van der Waals surface area contributed by atoms with E-state index in [1.165, 1.54) is 19.2 Å². The standard InChI is InChI=1S/C11H13ClFNO3/c1-17-6-8(5-15)14-11(16)9-3-2-7(12)4-10(9)13/h2-4,8,15H,5-6H2,1H3,(H,14,16). The second-order valence-corrected chi connectivity index (χ2v) is 3.87. The molecular weight excluding hydrogens is 249 g/mol. The molecule has 1 rings (SSSR count). The molecule has 0 aliphatic heterocycles. The lowest BCUT2D eigenvalue weighted by Gasteiger charge is -2.15. The van der Waals surface area contributed by atoms with Crippen LogP contribution in [-0.2, 0) is 4.74 Å². The normalized spacial score (nSPS) is 12.2. The number of nitrogens with one attached hydrogen (secondary N) is 1. The number of aliphatic hydroxyl groups is 1. The Morgan fingerprint density at radius 3 is 2.88 bits per heavy atom. The van der Waals surface area contributed by atoms with Crippen LogP contribution in [0, 0.1) is 5.82 Å². The van der Waals surface area contributed by atoms with E-state index < -0.39 is 17.8 Å². The van der Waals surface area contributed by atoms with Crippen molar-refractivity contribution in [2.24, 2.45) is 0 Å². The van der Waals surface area contributed by atoms with E-state index in [4.69, 9.17) is 21.4 Å². The number of amides is 1. The summed E-state index contributed by atoms with van der Waals surface area (Å²) < 4.78 is 18.2. The van der Waals surface area contributed by atoms with Gasteiger partial charge in [-0.15, -0.1) is 0 Å². The minimum atomic E-state index is -0.705. The maximum Gasteiger partial charge on any atom is 0.254 e. The summed E-state index contributed by atoms with van der Waals surface area (Å²) in [7, 11) is 1.44. The van der Waals surface area contributed by atoms with Gasteiger partial charge in [0.05, 0.1) is 24.8 Å². The second kappa shape index (κ2) is 6.54. The Morgan fingerprint density at radius 2 is 2.35 bits per heavy atom. The molecule has 2 N–H and O–H groups in total. The smallest absolute Gasteiger partial charge is 0.254 e. The molecule has 17 heavy (non-hydrogen) atoms. The molecule has 1 aromatic carbocycles. The van der Waals surface area contributed by atoms with Crippen LogP contribution in [-0.4, -0.2) is 37.4 Å². The first-order valence-corrected chi connectivity index (χ1v) is 5.32. The van der Waals surface area contributed by atoms with Gasteiger partial charge in [-0.1, -0.05) is 11.6 Å². The quantitative estimate of drug-likeness (QED) is 0.838. The number of carbonyl (C=O) groups excluding carboxylic acids is 1. The number of aliphatic hydroxyl groups excluding tert-OH is 1. The van der Waals surface area contributed by atoms with Gasteiger partial charge < -0.3 is 15.2 Å². The highest BCUT2D eigenvalue weighted by Gasteiger charge is 2.16. The van der Waals surface area contributed by atoms with E-state index >= 15 is 0 Å². The topological polar surface area (TPSA) is 58.6 Å². The molecule has 4 nitrogen and oxygen atoms in total. The molecule has 0 saturated heterocycles. The van der Waals surface area contributed by atoms with E-state index in [9.17, 15) is 9.18 Å². The summed E-state index contributed by atoms with van der Waals surface area (Å²) >= 11 is 5.57. The highest BCUT2D eigenvalue weighted by atomic mass is 35.5. The molecule has 1 aromatic rings. The van der Waals surface area contributed by atoms with Gasteiger partial charge >= 0.3 is 0 Å². The Kier molecular flexibility index (Phi) is 5.34. The largest absolute Gasteiger partial charge is 0.394 e. The fourth-order valence-electron chi connectivity index (χ4n) is 1.28. The zero-order chi connectivity index (χ0) is 12.8. The molecule has 1 amide bonds. The molecule has 0 radical (unpaired) electrons. The molecule has 0 fully saturated rings. The Morgan fingerprint density at radius 1 is 1.65 bits per heavy atom. The van der Waals surface area contributed by atoms with Gasteiger partial charge in [0.25, 0.3) is 5.91 Å². The fraction of sp³-hybridized carbons (Fsp3) is 0.364. The SMILES string of the molecule is COCC(CO)NC(=O)c1ccc(Cl)cc1F. The van der Waals surface area contributed by atoms with Crippen molar-refractivity contribution in [3.8, 4) is 0 Å². The van der Waals surface area contributed by atoms with Crippen molar-refractivity contribution in [1.29, 1.82) is 0 Å². The van der Waals surface area contributed by atoms with Crippen LogP contribution in [0.3, 0.4) is 0 Å². The summed E-state index contributed by atoms with van der Waals surface area (Å²) in [4.78, 5) is 11.7. The molecule has 0 heterocycles. The van der Waals surface area contributed by atoms with E-state index in [0.29, 0.717) is 0 Å². The number of rotatable bonds is 5. The molecule has 0 aromatic heterocycles. The molecule has 1 unspecified atom stereocenters. The van der Waals surface area contributed by atoms with Crippen LogP contribution in [0.5, 0.6) is 0 Å². The molecule has 0 aliphatic carbocycles. The lowest BCUT2D eigenvalue weighted by molar-refractivity contribution is 0.0836. The first-order chi connectivity index (χ1) is 8.08. The maximum atomic E-state index is 13.4. The Labute approximate surface area is 103 Å². The van der Waals surface area contributed by atoms with Gasteiger partial charge in [-0.05, 0) is 18.2 Å². The highest BCUT2D eigenvalue weighted by molar-refractivity contribution is 6.30. The highest BCUT2D eigenvalue weighted by Crippen LogP contribution is 2.14. The maximum absolute atomic E-state index is 13.4. The number of hydrogen-bond acceptors (Lipinski definition) is 3. The number of halogens is 2. The summed E-state index contributed by atoms with van der Waals surface area (Å²) in [6.07, 6.45) is 0. The van der Waals surface area contributed by atoms with Crippen molar-refractivity contribution < 1.29 is 19.0 Å². The van der Waals surface area contributed by atoms with E-state index in [1.54, 1.807) is 0 Å². The zero-order valence-electron chi connectivity index (χ0n) is 9.24. The molecular formula is C11H13ClFNO3. The number of carbonyl (C=O) groups is 1. The minimum Gasteiger partial charge on any atom is -0.394 e. The van der Waals surface area contributed by atoms with Crippen molar-refractivity contribution in [2.75, 3.05) is 20.3 Å². The van der Waals surface area contributed by atoms with Crippen LogP contribution >= 0.6 is 11.6 Å². The van der Waals surface area contributed by atoms with Crippen LogP contribution in [0.15, 0.2) is 18.2 Å². The third-order valence-corrected chi connectivity index (χ3v) is 2.33. The average Bonchev–Trinajstić information content (AvgIpc) is 2.28. The molecule has 0 spiro atoms. The van der Waals surface area contributed by atoms with Gasteiger partial charge in [0, 0.05) is 12.1 Å². The molecule has 6 heteroatoms. The van der Waals surface area contributed by atoms with Gasteiger partial charge in [-0.2, -0.15) is 0 Å². The molecule has 1 atom stereocenters. The van der Waals surface area contributed by atoms with Crippen molar-refractivity contribution in [1.82, 2.24) is 5.32 Å². The third kappa shape index (κ3) is 3.96. The van der Waals surface area contributed by atoms with E-state index in [0.717, 1.165) is 6.07 Å². The lowest BCUT2D eigenvalue weighted by Crippen LogP contribution is -2.40. The molecule has 0 bridgehead atoms. The van der Waals surface area contributed by atoms with Gasteiger partial charge in [0.15, 0.2) is 0 Å². The first kappa shape index (κ1) is 13.9. The monoisotopic (exact) mass is 261 g/mol. The lowest BCUT2D eigenvalue weighted by atomic mass is 10.2. The summed E-state index contributed by atoms with van der Waals surface area (Å²) in [5.74, 6) is -1.32. The number of ether oxygens (including phenoxy) is 1. The Hall–Kier alpha value is -1.17. The van der Waals surface area contributed by atoms with Crippen molar-refractivity contribution in [2.45, 2.75) is 6.04 Å². The van der Waals surface area contributed by atoms with Crippen LogP contribution in [0.1, 0.15) is 10.4 Å². The van der Waals surface area contributed by atoms with E-state index in [-0.39, 0.29) is 23.8 Å². The van der Waals surface area contributed by atoms with E-state index in [1.807, 2.05) is 0 Å². The van der Waals surface area contributed by atoms with Crippen LogP contribution in [0.2, 0.25) is 5.02 Å². The van der Waals surface area contributed by atoms with Gasteiger partial charge in [0.1, 0.15) is 5.82 Å². The van der Waals surface area contributed by atoms with Crippen LogP contribution in [0.4, 0.5) is 4.39 Å². The summed E-state index contributed by atoms with van der Waals surface area (Å²) in [5.41, 5.74) is -0.121. The third-order valence-electron chi connectivity index (χ3n) is 2.10. The van der Waals surface area contributed by atoms with E-state index in [2.05, 4.69) is 5.32 Å². The van der Waals surface area contributed by atoms with Crippen LogP contribution in [0.25, 0.3) is 0 Å². The molecule has 0 aliphatic rings.